The van der Waals surface area contributed by atoms with Crippen molar-refractivity contribution >= 4 is 40.3 Å². The Kier molecular flexibility index (Phi) is 4.90. The molecule has 3 heterocycles. The predicted molar refractivity (Wildman–Crippen MR) is 115 cm³/mol. The number of benzene rings is 1. The molecule has 7 nitrogen and oxygen atoms in total. The normalized spacial score (nSPS) is 19.7. The summed E-state index contributed by atoms with van der Waals surface area (Å²) < 4.78 is 2.13. The maximum absolute atomic E-state index is 12.8. The highest BCUT2D eigenvalue weighted by Crippen LogP contribution is 2.31. The number of nitrogens with zero attached hydrogens (tertiary/aromatic N) is 4. The van der Waals surface area contributed by atoms with Crippen molar-refractivity contribution in [1.82, 2.24) is 19.9 Å². The number of pyridine rings is 1. The first-order valence-electron chi connectivity index (χ1n) is 10.3. The van der Waals surface area contributed by atoms with Gasteiger partial charge in [0.15, 0.2) is 5.65 Å². The summed E-state index contributed by atoms with van der Waals surface area (Å²) in [7, 11) is 0. The number of aromatic nitrogens is 3. The van der Waals surface area contributed by atoms with E-state index in [9.17, 15) is 9.59 Å². The molecule has 30 heavy (non-hydrogen) atoms. The van der Waals surface area contributed by atoms with Crippen LogP contribution in [0.5, 0.6) is 0 Å². The largest absolute Gasteiger partial charge is 0.347 e. The van der Waals surface area contributed by atoms with E-state index in [1.165, 1.54) is 12.8 Å². The van der Waals surface area contributed by atoms with E-state index in [0.717, 1.165) is 29.7 Å². The Hall–Kier alpha value is -2.93. The van der Waals surface area contributed by atoms with Crippen molar-refractivity contribution in [3.63, 3.8) is 0 Å². The van der Waals surface area contributed by atoms with Gasteiger partial charge >= 0.3 is 0 Å². The van der Waals surface area contributed by atoms with Gasteiger partial charge in [0.1, 0.15) is 5.52 Å². The molecule has 1 saturated carbocycles. The summed E-state index contributed by atoms with van der Waals surface area (Å²) in [5, 5.41) is 3.58. The topological polar surface area (TPSA) is 80.1 Å². The fourth-order valence-corrected chi connectivity index (χ4v) is 4.56. The monoisotopic (exact) mass is 423 g/mol. The molecule has 1 saturated heterocycles. The van der Waals surface area contributed by atoms with E-state index in [-0.39, 0.29) is 24.3 Å². The zero-order valence-electron chi connectivity index (χ0n) is 16.4. The van der Waals surface area contributed by atoms with Gasteiger partial charge in [0.2, 0.25) is 5.91 Å². The maximum atomic E-state index is 12.8. The number of carbonyl (C=O) groups is 2. The molecule has 1 unspecified atom stereocenters. The second kappa shape index (κ2) is 7.72. The van der Waals surface area contributed by atoms with Crippen molar-refractivity contribution in [1.29, 1.82) is 0 Å². The van der Waals surface area contributed by atoms with Gasteiger partial charge in [-0.3, -0.25) is 9.59 Å². The van der Waals surface area contributed by atoms with Crippen molar-refractivity contribution in [2.75, 3.05) is 11.4 Å². The lowest BCUT2D eigenvalue weighted by Gasteiger charge is -2.17. The molecule has 1 aliphatic carbocycles. The van der Waals surface area contributed by atoms with E-state index >= 15 is 0 Å². The summed E-state index contributed by atoms with van der Waals surface area (Å²) in [4.78, 5) is 35.8. The highest BCUT2D eigenvalue weighted by atomic mass is 35.5. The minimum Gasteiger partial charge on any atom is -0.347 e. The third kappa shape index (κ3) is 3.54. The molecule has 1 atom stereocenters. The van der Waals surface area contributed by atoms with Crippen LogP contribution in [0.25, 0.3) is 11.2 Å². The smallest absolute Gasteiger partial charge is 0.253 e. The van der Waals surface area contributed by atoms with Gasteiger partial charge in [-0.15, -0.1) is 0 Å². The van der Waals surface area contributed by atoms with Crippen LogP contribution >= 0.6 is 11.6 Å². The van der Waals surface area contributed by atoms with Crippen LogP contribution in [0.1, 0.15) is 48.5 Å². The number of halogens is 1. The van der Waals surface area contributed by atoms with Crippen LogP contribution in [-0.2, 0) is 4.79 Å². The molecule has 0 bridgehead atoms. The van der Waals surface area contributed by atoms with Gasteiger partial charge in [-0.1, -0.05) is 24.4 Å². The first kappa shape index (κ1) is 19.1. The Balaban J connectivity index is 1.29. The van der Waals surface area contributed by atoms with Gasteiger partial charge in [0.05, 0.1) is 17.9 Å². The number of nitrogens with one attached hydrogen (secondary N) is 1. The fraction of sp³-hybridized carbons (Fsp3) is 0.364. The van der Waals surface area contributed by atoms with Crippen molar-refractivity contribution in [3.05, 3.63) is 53.4 Å². The summed E-state index contributed by atoms with van der Waals surface area (Å²) in [6.45, 7) is 0.429. The van der Waals surface area contributed by atoms with E-state index < -0.39 is 0 Å². The van der Waals surface area contributed by atoms with Crippen LogP contribution in [0.2, 0.25) is 5.02 Å². The molecule has 8 heteroatoms. The highest BCUT2D eigenvalue weighted by molar-refractivity contribution is 6.30. The zero-order valence-corrected chi connectivity index (χ0v) is 17.2. The Bertz CT molecular complexity index is 1100. The Morgan fingerprint density at radius 3 is 2.67 bits per heavy atom. The number of rotatable bonds is 4. The van der Waals surface area contributed by atoms with Crippen molar-refractivity contribution in [2.24, 2.45) is 0 Å². The summed E-state index contributed by atoms with van der Waals surface area (Å²) in [6, 6.07) is 9.09. The summed E-state index contributed by atoms with van der Waals surface area (Å²) in [5.74, 6) is -0.262. The first-order chi connectivity index (χ1) is 14.6. The number of hydrogen-bond acceptors (Lipinski definition) is 4. The van der Waals surface area contributed by atoms with E-state index in [2.05, 4.69) is 19.9 Å². The van der Waals surface area contributed by atoms with E-state index in [1.807, 2.05) is 18.5 Å². The average Bonchev–Trinajstić information content (AvgIpc) is 3.47. The number of imidazole rings is 1. The molecule has 1 N–H and O–H groups in total. The van der Waals surface area contributed by atoms with Gasteiger partial charge in [0, 0.05) is 35.9 Å². The molecule has 1 aromatic carbocycles. The van der Waals surface area contributed by atoms with Crippen molar-refractivity contribution in [3.8, 4) is 0 Å². The number of hydrogen-bond donors (Lipinski definition) is 1. The second-order valence-corrected chi connectivity index (χ2v) is 8.45. The minimum absolute atomic E-state index is 0.0218. The minimum atomic E-state index is -0.257. The van der Waals surface area contributed by atoms with Gasteiger partial charge in [-0.2, -0.15) is 0 Å². The summed E-state index contributed by atoms with van der Waals surface area (Å²) in [6.07, 6.45) is 8.45. The molecule has 2 fully saturated rings. The lowest BCUT2D eigenvalue weighted by Crippen LogP contribution is -2.37. The van der Waals surface area contributed by atoms with Crippen LogP contribution in [0.15, 0.2) is 42.9 Å². The van der Waals surface area contributed by atoms with Gasteiger partial charge in [-0.05, 0) is 43.2 Å². The fourth-order valence-electron chi connectivity index (χ4n) is 4.44. The van der Waals surface area contributed by atoms with Crippen LogP contribution in [0.3, 0.4) is 0 Å². The van der Waals surface area contributed by atoms with Crippen molar-refractivity contribution < 1.29 is 9.59 Å². The third-order valence-corrected chi connectivity index (χ3v) is 6.24. The van der Waals surface area contributed by atoms with Crippen molar-refractivity contribution in [2.45, 2.75) is 44.2 Å². The van der Waals surface area contributed by atoms with Crippen LogP contribution < -0.4 is 10.2 Å². The molecular weight excluding hydrogens is 402 g/mol. The molecule has 0 spiro atoms. The predicted octanol–water partition coefficient (Wildman–Crippen LogP) is 3.74. The number of carbonyl (C=O) groups excluding carboxylic acids is 2. The average molecular weight is 424 g/mol. The lowest BCUT2D eigenvalue weighted by molar-refractivity contribution is -0.117. The van der Waals surface area contributed by atoms with Crippen LogP contribution in [0.4, 0.5) is 5.69 Å². The molecule has 2 aliphatic rings. The molecule has 5 rings (SSSR count). The van der Waals surface area contributed by atoms with Gasteiger partial charge in [-0.25, -0.2) is 9.97 Å². The maximum Gasteiger partial charge on any atom is 0.253 e. The Morgan fingerprint density at radius 1 is 1.13 bits per heavy atom. The first-order valence-corrected chi connectivity index (χ1v) is 10.7. The summed E-state index contributed by atoms with van der Waals surface area (Å²) in [5.41, 5.74) is 2.78. The van der Waals surface area contributed by atoms with Crippen LogP contribution in [0, 0.1) is 0 Å². The van der Waals surface area contributed by atoms with Crippen LogP contribution in [-0.4, -0.2) is 38.9 Å². The molecular formula is C22H22ClN5O2. The molecule has 154 valence electrons. The molecule has 0 radical (unpaired) electrons. The van der Waals surface area contributed by atoms with E-state index in [0.29, 0.717) is 23.2 Å². The van der Waals surface area contributed by atoms with E-state index in [1.54, 1.807) is 29.3 Å². The van der Waals surface area contributed by atoms with Gasteiger partial charge in [0.25, 0.3) is 5.91 Å². The number of anilines is 1. The number of amides is 2. The Labute approximate surface area is 179 Å². The standard InChI is InChI=1S/C22H22ClN5O2/c23-15-5-7-18(8-6-15)27-12-16(10-20(27)29)26-22(30)14-9-19-21(24-11-14)28(13-25-19)17-3-1-2-4-17/h5-9,11,13,16-17H,1-4,10,12H2,(H,26,30). The molecule has 2 aromatic heterocycles. The zero-order chi connectivity index (χ0) is 20.7. The summed E-state index contributed by atoms with van der Waals surface area (Å²) >= 11 is 5.93. The molecule has 2 amide bonds. The quantitative estimate of drug-likeness (QED) is 0.693. The Morgan fingerprint density at radius 2 is 1.90 bits per heavy atom. The van der Waals surface area contributed by atoms with Gasteiger partial charge < -0.3 is 14.8 Å². The SMILES string of the molecule is O=C(NC1CC(=O)N(c2ccc(Cl)cc2)C1)c1cnc2c(c1)ncn2C1CCCC1. The lowest BCUT2D eigenvalue weighted by atomic mass is 10.2. The molecule has 3 aromatic rings. The third-order valence-electron chi connectivity index (χ3n) is 5.99. The second-order valence-electron chi connectivity index (χ2n) is 8.01. The highest BCUT2D eigenvalue weighted by Gasteiger charge is 2.32. The van der Waals surface area contributed by atoms with E-state index in [4.69, 9.17) is 11.6 Å². The number of fused-ring (bicyclic) bond motifs is 1. The molecule has 1 aliphatic heterocycles.